The van der Waals surface area contributed by atoms with Crippen molar-refractivity contribution in [2.75, 3.05) is 11.1 Å². The minimum absolute atomic E-state index is 0.0722. The zero-order valence-corrected chi connectivity index (χ0v) is 11.1. The van der Waals surface area contributed by atoms with Gasteiger partial charge in [0, 0.05) is 17.1 Å². The topological polar surface area (TPSA) is 38.3 Å². The summed E-state index contributed by atoms with van der Waals surface area (Å²) < 4.78 is 5.79. The number of anilines is 1. The minimum atomic E-state index is 0.0722. The van der Waals surface area contributed by atoms with Gasteiger partial charge in [0.15, 0.2) is 0 Å². The van der Waals surface area contributed by atoms with Crippen LogP contribution in [0.3, 0.4) is 0 Å². The number of carbonyl (C=O) groups excluding carboxylic acids is 1. The molecule has 0 aromatic heterocycles. The van der Waals surface area contributed by atoms with E-state index in [1.165, 1.54) is 0 Å². The maximum atomic E-state index is 11.5. The van der Waals surface area contributed by atoms with Crippen molar-refractivity contribution in [3.05, 3.63) is 48.5 Å². The van der Waals surface area contributed by atoms with Gasteiger partial charge in [-0.05, 0) is 30.3 Å². The maximum absolute atomic E-state index is 11.5. The first-order valence-electron chi connectivity index (χ1n) is 6.11. The molecule has 0 atom stereocenters. The summed E-state index contributed by atoms with van der Waals surface area (Å²) >= 11 is 1.67. The van der Waals surface area contributed by atoms with E-state index in [2.05, 4.69) is 5.32 Å². The predicted octanol–water partition coefficient (Wildman–Crippen LogP) is 3.91. The first kappa shape index (κ1) is 12.1. The van der Waals surface area contributed by atoms with Crippen LogP contribution in [0.5, 0.6) is 11.5 Å². The highest BCUT2D eigenvalue weighted by molar-refractivity contribution is 7.99. The van der Waals surface area contributed by atoms with E-state index in [0.717, 1.165) is 27.8 Å². The molecule has 0 radical (unpaired) electrons. The van der Waals surface area contributed by atoms with Gasteiger partial charge in [-0.3, -0.25) is 4.79 Å². The normalized spacial score (nSPS) is 14.2. The van der Waals surface area contributed by atoms with Gasteiger partial charge in [-0.15, -0.1) is 11.8 Å². The molecule has 0 aliphatic carbocycles. The lowest BCUT2D eigenvalue weighted by atomic mass is 10.3. The number of nitrogens with one attached hydrogen (secondary N) is 1. The van der Waals surface area contributed by atoms with Gasteiger partial charge in [0.1, 0.15) is 11.5 Å². The molecule has 0 bridgehead atoms. The summed E-state index contributed by atoms with van der Waals surface area (Å²) in [5, 5.41) is 2.90. The Morgan fingerprint density at radius 3 is 2.74 bits per heavy atom. The number of carbonyl (C=O) groups is 1. The number of hydrogen-bond donors (Lipinski definition) is 1. The van der Waals surface area contributed by atoms with Gasteiger partial charge in [0.2, 0.25) is 5.91 Å². The number of amides is 1. The Morgan fingerprint density at radius 1 is 1.05 bits per heavy atom. The molecule has 0 fully saturated rings. The van der Waals surface area contributed by atoms with Crippen molar-refractivity contribution in [3.8, 4) is 11.5 Å². The zero-order valence-electron chi connectivity index (χ0n) is 10.3. The van der Waals surface area contributed by atoms with Crippen LogP contribution in [0.2, 0.25) is 0 Å². The molecule has 2 aromatic rings. The van der Waals surface area contributed by atoms with E-state index >= 15 is 0 Å². The third-order valence-corrected chi connectivity index (χ3v) is 3.85. The summed E-state index contributed by atoms with van der Waals surface area (Å²) in [5.41, 5.74) is 0.868. The van der Waals surface area contributed by atoms with Crippen LogP contribution in [0, 0.1) is 0 Å². The van der Waals surface area contributed by atoms with Gasteiger partial charge in [-0.1, -0.05) is 18.2 Å². The number of thioether (sulfide) groups is 1. The molecule has 0 unspecified atom stereocenters. The van der Waals surface area contributed by atoms with E-state index in [4.69, 9.17) is 4.74 Å². The SMILES string of the molecule is O=C1CCSc2cc(Oc3ccccc3)ccc2N1. The van der Waals surface area contributed by atoms with E-state index in [0.29, 0.717) is 6.42 Å². The van der Waals surface area contributed by atoms with Gasteiger partial charge >= 0.3 is 0 Å². The zero-order chi connectivity index (χ0) is 13.1. The summed E-state index contributed by atoms with van der Waals surface area (Å²) in [6.07, 6.45) is 0.550. The number of ether oxygens (including phenoxy) is 1. The molecule has 1 heterocycles. The molecular weight excluding hydrogens is 258 g/mol. The second-order valence-electron chi connectivity index (χ2n) is 4.22. The first-order valence-corrected chi connectivity index (χ1v) is 7.09. The van der Waals surface area contributed by atoms with Crippen molar-refractivity contribution in [2.45, 2.75) is 11.3 Å². The fourth-order valence-electron chi connectivity index (χ4n) is 1.88. The molecule has 0 saturated carbocycles. The van der Waals surface area contributed by atoms with Gasteiger partial charge in [0.05, 0.1) is 5.69 Å². The van der Waals surface area contributed by atoms with Crippen molar-refractivity contribution < 1.29 is 9.53 Å². The van der Waals surface area contributed by atoms with E-state index < -0.39 is 0 Å². The summed E-state index contributed by atoms with van der Waals surface area (Å²) in [6, 6.07) is 15.4. The Kier molecular flexibility index (Phi) is 3.42. The monoisotopic (exact) mass is 271 g/mol. The van der Waals surface area contributed by atoms with Gasteiger partial charge < -0.3 is 10.1 Å². The molecule has 2 aromatic carbocycles. The lowest BCUT2D eigenvalue weighted by Gasteiger charge is -2.10. The van der Waals surface area contributed by atoms with Gasteiger partial charge in [0.25, 0.3) is 0 Å². The second kappa shape index (κ2) is 5.36. The molecule has 1 aliphatic rings. The first-order chi connectivity index (χ1) is 9.31. The van der Waals surface area contributed by atoms with Crippen molar-refractivity contribution in [2.24, 2.45) is 0 Å². The minimum Gasteiger partial charge on any atom is -0.457 e. The highest BCUT2D eigenvalue weighted by Crippen LogP contribution is 2.35. The number of hydrogen-bond acceptors (Lipinski definition) is 3. The third-order valence-electron chi connectivity index (χ3n) is 2.79. The summed E-state index contributed by atoms with van der Waals surface area (Å²) in [7, 11) is 0. The van der Waals surface area contributed by atoms with Crippen LogP contribution in [0.25, 0.3) is 0 Å². The molecule has 1 aliphatic heterocycles. The molecule has 0 spiro atoms. The quantitative estimate of drug-likeness (QED) is 0.900. The summed E-state index contributed by atoms with van der Waals surface area (Å²) in [6.45, 7) is 0. The van der Waals surface area contributed by atoms with Gasteiger partial charge in [-0.25, -0.2) is 0 Å². The van der Waals surface area contributed by atoms with Crippen LogP contribution in [0.15, 0.2) is 53.4 Å². The second-order valence-corrected chi connectivity index (χ2v) is 5.36. The standard InChI is InChI=1S/C15H13NO2S/c17-15-8-9-19-14-10-12(6-7-13(14)16-15)18-11-4-2-1-3-5-11/h1-7,10H,8-9H2,(H,16,17). The van der Waals surface area contributed by atoms with Crippen molar-refractivity contribution in [1.82, 2.24) is 0 Å². The Balaban J connectivity index is 1.85. The lowest BCUT2D eigenvalue weighted by molar-refractivity contribution is -0.115. The average molecular weight is 271 g/mol. The number of rotatable bonds is 2. The third kappa shape index (κ3) is 2.90. The number of para-hydroxylation sites is 1. The predicted molar refractivity (Wildman–Crippen MR) is 76.9 cm³/mol. The number of fused-ring (bicyclic) bond motifs is 1. The Hall–Kier alpha value is -1.94. The smallest absolute Gasteiger partial charge is 0.225 e. The highest BCUT2D eigenvalue weighted by Gasteiger charge is 2.13. The molecular formula is C15H13NO2S. The fourth-order valence-corrected chi connectivity index (χ4v) is 2.86. The van der Waals surface area contributed by atoms with Gasteiger partial charge in [-0.2, -0.15) is 0 Å². The van der Waals surface area contributed by atoms with Crippen LogP contribution in [-0.4, -0.2) is 11.7 Å². The van der Waals surface area contributed by atoms with E-state index in [1.807, 2.05) is 48.5 Å². The van der Waals surface area contributed by atoms with Crippen LogP contribution in [0.1, 0.15) is 6.42 Å². The molecule has 0 saturated heterocycles. The average Bonchev–Trinajstić information content (AvgIpc) is 2.60. The molecule has 96 valence electrons. The van der Waals surface area contributed by atoms with Crippen LogP contribution in [-0.2, 0) is 4.79 Å². The van der Waals surface area contributed by atoms with Crippen LogP contribution < -0.4 is 10.1 Å². The molecule has 4 heteroatoms. The molecule has 1 amide bonds. The molecule has 3 nitrogen and oxygen atoms in total. The molecule has 19 heavy (non-hydrogen) atoms. The van der Waals surface area contributed by atoms with E-state index in [-0.39, 0.29) is 5.91 Å². The maximum Gasteiger partial charge on any atom is 0.225 e. The summed E-state index contributed by atoms with van der Waals surface area (Å²) in [4.78, 5) is 12.5. The van der Waals surface area contributed by atoms with Crippen molar-refractivity contribution in [1.29, 1.82) is 0 Å². The van der Waals surface area contributed by atoms with E-state index in [1.54, 1.807) is 11.8 Å². The van der Waals surface area contributed by atoms with E-state index in [9.17, 15) is 4.79 Å². The fraction of sp³-hybridized carbons (Fsp3) is 0.133. The van der Waals surface area contributed by atoms with Crippen LogP contribution in [0.4, 0.5) is 5.69 Å². The van der Waals surface area contributed by atoms with Crippen LogP contribution >= 0.6 is 11.8 Å². The lowest BCUT2D eigenvalue weighted by Crippen LogP contribution is -2.09. The molecule has 1 N–H and O–H groups in total. The highest BCUT2D eigenvalue weighted by atomic mass is 32.2. The van der Waals surface area contributed by atoms with Crippen molar-refractivity contribution in [3.63, 3.8) is 0 Å². The Labute approximate surface area is 116 Å². The largest absolute Gasteiger partial charge is 0.457 e. The van der Waals surface area contributed by atoms with Crippen molar-refractivity contribution >= 4 is 23.4 Å². The Morgan fingerprint density at radius 2 is 1.89 bits per heavy atom. The summed E-state index contributed by atoms with van der Waals surface area (Å²) in [5.74, 6) is 2.47. The Bertz CT molecular complexity index is 598. The number of benzene rings is 2. The molecule has 3 rings (SSSR count).